The van der Waals surface area contributed by atoms with E-state index in [4.69, 9.17) is 32.7 Å². The molecule has 3 aromatic carbocycles. The van der Waals surface area contributed by atoms with Crippen LogP contribution in [-0.2, 0) is 13.2 Å². The summed E-state index contributed by atoms with van der Waals surface area (Å²) in [4.78, 5) is 0. The lowest BCUT2D eigenvalue weighted by atomic mass is 10.2. The fourth-order valence-electron chi connectivity index (χ4n) is 2.19. The predicted molar refractivity (Wildman–Crippen MR) is 99.7 cm³/mol. The van der Waals surface area contributed by atoms with Gasteiger partial charge in [-0.05, 0) is 47.5 Å². The molecule has 0 amide bonds. The highest BCUT2D eigenvalue weighted by molar-refractivity contribution is 6.30. The van der Waals surface area contributed by atoms with E-state index in [1.807, 2.05) is 36.4 Å². The molecule has 0 atom stereocenters. The molecule has 0 radical (unpaired) electrons. The van der Waals surface area contributed by atoms with Gasteiger partial charge < -0.3 is 14.6 Å². The van der Waals surface area contributed by atoms with E-state index in [0.29, 0.717) is 34.8 Å². The van der Waals surface area contributed by atoms with E-state index < -0.39 is 0 Å². The molecular formula is C20H16Cl2O3. The van der Waals surface area contributed by atoms with E-state index in [1.54, 1.807) is 30.3 Å². The molecule has 3 nitrogen and oxygen atoms in total. The molecule has 5 heteroatoms. The van der Waals surface area contributed by atoms with Crippen LogP contribution in [0.25, 0.3) is 0 Å². The molecular weight excluding hydrogens is 359 g/mol. The van der Waals surface area contributed by atoms with Gasteiger partial charge in [0.2, 0.25) is 0 Å². The largest absolute Gasteiger partial charge is 0.504 e. The van der Waals surface area contributed by atoms with Crippen LogP contribution >= 0.6 is 23.2 Å². The lowest BCUT2D eigenvalue weighted by molar-refractivity contribution is 0.278. The highest BCUT2D eigenvalue weighted by Crippen LogP contribution is 2.31. The molecule has 0 aliphatic heterocycles. The summed E-state index contributed by atoms with van der Waals surface area (Å²) in [6, 6.07) is 19.7. The smallest absolute Gasteiger partial charge is 0.165 e. The van der Waals surface area contributed by atoms with Crippen molar-refractivity contribution >= 4 is 23.2 Å². The van der Waals surface area contributed by atoms with Crippen molar-refractivity contribution in [2.45, 2.75) is 13.2 Å². The molecule has 3 aromatic rings. The van der Waals surface area contributed by atoms with Crippen LogP contribution in [0.5, 0.6) is 17.2 Å². The summed E-state index contributed by atoms with van der Waals surface area (Å²) >= 11 is 11.7. The molecule has 0 aliphatic rings. The summed E-state index contributed by atoms with van der Waals surface area (Å²) in [5.74, 6) is 1.04. The van der Waals surface area contributed by atoms with Crippen LogP contribution < -0.4 is 9.47 Å². The van der Waals surface area contributed by atoms with Crippen LogP contribution in [-0.4, -0.2) is 5.11 Å². The minimum atomic E-state index is 0.0628. The van der Waals surface area contributed by atoms with Gasteiger partial charge in [0.15, 0.2) is 11.5 Å². The van der Waals surface area contributed by atoms with Crippen molar-refractivity contribution < 1.29 is 14.6 Å². The molecule has 128 valence electrons. The second-order valence-corrected chi connectivity index (χ2v) is 6.33. The van der Waals surface area contributed by atoms with Crippen molar-refractivity contribution in [3.8, 4) is 17.2 Å². The van der Waals surface area contributed by atoms with Crippen LogP contribution in [0.15, 0.2) is 66.7 Å². The Morgan fingerprint density at radius 1 is 0.680 bits per heavy atom. The van der Waals surface area contributed by atoms with Crippen LogP contribution in [0.3, 0.4) is 0 Å². The van der Waals surface area contributed by atoms with Crippen molar-refractivity contribution in [1.29, 1.82) is 0 Å². The van der Waals surface area contributed by atoms with Crippen LogP contribution in [0, 0.1) is 0 Å². The number of phenols is 1. The Balaban J connectivity index is 1.63. The van der Waals surface area contributed by atoms with Crippen LogP contribution in [0.1, 0.15) is 11.1 Å². The fourth-order valence-corrected chi connectivity index (χ4v) is 2.44. The monoisotopic (exact) mass is 374 g/mol. The van der Waals surface area contributed by atoms with E-state index in [-0.39, 0.29) is 5.75 Å². The molecule has 0 heterocycles. The quantitative estimate of drug-likeness (QED) is 0.587. The Morgan fingerprint density at radius 3 is 1.76 bits per heavy atom. The Hall–Kier alpha value is -2.36. The third-order valence-corrected chi connectivity index (χ3v) is 4.06. The summed E-state index contributed by atoms with van der Waals surface area (Å²) in [6.07, 6.45) is 0. The lowest BCUT2D eigenvalue weighted by Gasteiger charge is -2.11. The molecule has 0 fully saturated rings. The molecule has 25 heavy (non-hydrogen) atoms. The number of hydrogen-bond acceptors (Lipinski definition) is 3. The fraction of sp³-hybridized carbons (Fsp3) is 0.100. The molecule has 0 aliphatic carbocycles. The molecule has 0 saturated heterocycles. The van der Waals surface area contributed by atoms with Gasteiger partial charge in [-0.2, -0.15) is 0 Å². The minimum Gasteiger partial charge on any atom is -0.504 e. The molecule has 0 unspecified atom stereocenters. The number of hydrogen-bond donors (Lipinski definition) is 1. The van der Waals surface area contributed by atoms with Gasteiger partial charge in [-0.1, -0.05) is 47.5 Å². The van der Waals surface area contributed by atoms with Gasteiger partial charge in [-0.15, -0.1) is 0 Å². The standard InChI is InChI=1S/C20H16Cl2O3/c21-16-5-1-14(2-6-16)12-24-18-9-10-19(23)20(11-18)25-13-15-3-7-17(22)8-4-15/h1-11,23H,12-13H2. The zero-order valence-corrected chi connectivity index (χ0v) is 14.8. The molecule has 1 N–H and O–H groups in total. The first-order chi connectivity index (χ1) is 12.1. The number of ether oxygens (including phenoxy) is 2. The first-order valence-corrected chi connectivity index (χ1v) is 8.43. The molecule has 0 aromatic heterocycles. The number of rotatable bonds is 6. The summed E-state index contributed by atoms with van der Waals surface area (Å²) in [5.41, 5.74) is 1.96. The zero-order chi connectivity index (χ0) is 17.6. The van der Waals surface area contributed by atoms with E-state index >= 15 is 0 Å². The maximum Gasteiger partial charge on any atom is 0.165 e. The van der Waals surface area contributed by atoms with Gasteiger partial charge in [0.1, 0.15) is 19.0 Å². The van der Waals surface area contributed by atoms with Crippen molar-refractivity contribution in [2.75, 3.05) is 0 Å². The predicted octanol–water partition coefficient (Wildman–Crippen LogP) is 5.86. The van der Waals surface area contributed by atoms with Gasteiger partial charge in [0.25, 0.3) is 0 Å². The first-order valence-electron chi connectivity index (χ1n) is 7.68. The molecule has 0 spiro atoms. The molecule has 0 saturated carbocycles. The SMILES string of the molecule is Oc1ccc(OCc2ccc(Cl)cc2)cc1OCc1ccc(Cl)cc1. The maximum atomic E-state index is 9.96. The Morgan fingerprint density at radius 2 is 1.20 bits per heavy atom. The second-order valence-electron chi connectivity index (χ2n) is 5.46. The zero-order valence-electron chi connectivity index (χ0n) is 13.3. The first kappa shape index (κ1) is 17.5. The second kappa shape index (κ2) is 8.15. The van der Waals surface area contributed by atoms with Crippen molar-refractivity contribution in [1.82, 2.24) is 0 Å². The normalized spacial score (nSPS) is 10.5. The van der Waals surface area contributed by atoms with Crippen molar-refractivity contribution in [2.24, 2.45) is 0 Å². The molecule has 3 rings (SSSR count). The van der Waals surface area contributed by atoms with Gasteiger partial charge in [-0.3, -0.25) is 0 Å². The topological polar surface area (TPSA) is 38.7 Å². The highest BCUT2D eigenvalue weighted by atomic mass is 35.5. The number of halogens is 2. The van der Waals surface area contributed by atoms with Gasteiger partial charge in [-0.25, -0.2) is 0 Å². The number of phenolic OH excluding ortho intramolecular Hbond substituents is 1. The third-order valence-electron chi connectivity index (χ3n) is 3.56. The molecule has 0 bridgehead atoms. The van der Waals surface area contributed by atoms with Crippen LogP contribution in [0.2, 0.25) is 10.0 Å². The van der Waals surface area contributed by atoms with Gasteiger partial charge >= 0.3 is 0 Å². The van der Waals surface area contributed by atoms with Gasteiger partial charge in [0.05, 0.1) is 0 Å². The minimum absolute atomic E-state index is 0.0628. The summed E-state index contributed by atoms with van der Waals surface area (Å²) < 4.78 is 11.4. The van der Waals surface area contributed by atoms with E-state index in [9.17, 15) is 5.11 Å². The average molecular weight is 375 g/mol. The summed E-state index contributed by atoms with van der Waals surface area (Å²) in [6.45, 7) is 0.726. The average Bonchev–Trinajstić information content (AvgIpc) is 2.62. The Labute approximate surface area is 156 Å². The van der Waals surface area contributed by atoms with Crippen molar-refractivity contribution in [3.63, 3.8) is 0 Å². The lowest BCUT2D eigenvalue weighted by Crippen LogP contribution is -1.98. The van der Waals surface area contributed by atoms with E-state index in [2.05, 4.69) is 0 Å². The Bertz CT molecular complexity index is 831. The number of benzene rings is 3. The third kappa shape index (κ3) is 5.05. The van der Waals surface area contributed by atoms with Gasteiger partial charge in [0, 0.05) is 16.1 Å². The summed E-state index contributed by atoms with van der Waals surface area (Å²) in [7, 11) is 0. The summed E-state index contributed by atoms with van der Waals surface area (Å²) in [5, 5.41) is 11.3. The van der Waals surface area contributed by atoms with Crippen LogP contribution in [0.4, 0.5) is 0 Å². The highest BCUT2D eigenvalue weighted by Gasteiger charge is 2.06. The maximum absolute atomic E-state index is 9.96. The van der Waals surface area contributed by atoms with Crippen molar-refractivity contribution in [3.05, 3.63) is 87.9 Å². The Kier molecular flexibility index (Phi) is 5.69. The van der Waals surface area contributed by atoms with E-state index in [0.717, 1.165) is 11.1 Å². The number of aromatic hydroxyl groups is 1. The van der Waals surface area contributed by atoms with E-state index in [1.165, 1.54) is 0 Å².